The molecule has 0 saturated carbocycles. The fourth-order valence-electron chi connectivity index (χ4n) is 1.86. The predicted molar refractivity (Wildman–Crippen MR) is 80.9 cm³/mol. The van der Waals surface area contributed by atoms with E-state index in [9.17, 15) is 0 Å². The maximum absolute atomic E-state index is 5.75. The molecule has 0 atom stereocenters. The number of nitrogen functional groups attached to an aromatic ring is 1. The lowest BCUT2D eigenvalue weighted by molar-refractivity contribution is 0.573. The Morgan fingerprint density at radius 3 is 2.65 bits per heavy atom. The molecule has 5 nitrogen and oxygen atoms in total. The molecule has 0 aliphatic rings. The maximum Gasteiger partial charge on any atom is 0.205 e. The Bertz CT molecular complexity index is 720. The van der Waals surface area contributed by atoms with Gasteiger partial charge in [0, 0.05) is 15.7 Å². The van der Waals surface area contributed by atoms with Crippen molar-refractivity contribution in [3.05, 3.63) is 58.6 Å². The van der Waals surface area contributed by atoms with Gasteiger partial charge in [-0.2, -0.15) is 4.80 Å². The van der Waals surface area contributed by atoms with Crippen molar-refractivity contribution in [3.63, 3.8) is 0 Å². The van der Waals surface area contributed by atoms with Crippen molar-refractivity contribution in [2.45, 2.75) is 6.54 Å². The second kappa shape index (κ2) is 5.42. The van der Waals surface area contributed by atoms with Crippen LogP contribution in [0.5, 0.6) is 0 Å². The number of aromatic nitrogens is 4. The summed E-state index contributed by atoms with van der Waals surface area (Å²) in [7, 11) is 0. The van der Waals surface area contributed by atoms with Crippen molar-refractivity contribution < 1.29 is 0 Å². The molecular formula is C14H12BrN5. The zero-order chi connectivity index (χ0) is 13.9. The van der Waals surface area contributed by atoms with Crippen molar-refractivity contribution >= 4 is 21.6 Å². The molecule has 20 heavy (non-hydrogen) atoms. The molecule has 3 aromatic rings. The van der Waals surface area contributed by atoms with Gasteiger partial charge in [-0.05, 0) is 35.0 Å². The summed E-state index contributed by atoms with van der Waals surface area (Å²) in [5, 5.41) is 12.5. The van der Waals surface area contributed by atoms with E-state index in [1.54, 1.807) is 4.80 Å². The van der Waals surface area contributed by atoms with Crippen molar-refractivity contribution in [1.82, 2.24) is 20.2 Å². The Labute approximate surface area is 124 Å². The number of anilines is 1. The molecule has 0 bridgehead atoms. The molecule has 3 rings (SSSR count). The van der Waals surface area contributed by atoms with Crippen LogP contribution in [0.1, 0.15) is 5.56 Å². The highest BCUT2D eigenvalue weighted by Crippen LogP contribution is 2.17. The molecule has 0 fully saturated rings. The molecule has 0 saturated heterocycles. The van der Waals surface area contributed by atoms with Crippen LogP contribution in [0.4, 0.5) is 5.69 Å². The Morgan fingerprint density at radius 1 is 1.10 bits per heavy atom. The second-order valence-corrected chi connectivity index (χ2v) is 5.31. The van der Waals surface area contributed by atoms with Gasteiger partial charge in [0.25, 0.3) is 0 Å². The molecule has 0 aliphatic carbocycles. The van der Waals surface area contributed by atoms with E-state index in [-0.39, 0.29) is 0 Å². The lowest BCUT2D eigenvalue weighted by Crippen LogP contribution is -2.03. The summed E-state index contributed by atoms with van der Waals surface area (Å²) in [6.07, 6.45) is 0. The molecule has 0 amide bonds. The van der Waals surface area contributed by atoms with E-state index >= 15 is 0 Å². The lowest BCUT2D eigenvalue weighted by atomic mass is 10.2. The van der Waals surface area contributed by atoms with Gasteiger partial charge in [0.05, 0.1) is 6.54 Å². The lowest BCUT2D eigenvalue weighted by Gasteiger charge is -1.99. The Balaban J connectivity index is 1.82. The molecule has 100 valence electrons. The van der Waals surface area contributed by atoms with Gasteiger partial charge in [-0.25, -0.2) is 0 Å². The van der Waals surface area contributed by atoms with Crippen LogP contribution in [0.3, 0.4) is 0 Å². The first kappa shape index (κ1) is 12.8. The Hall–Kier alpha value is -2.21. The van der Waals surface area contributed by atoms with Crippen LogP contribution in [0, 0.1) is 0 Å². The van der Waals surface area contributed by atoms with Crippen LogP contribution < -0.4 is 5.73 Å². The largest absolute Gasteiger partial charge is 0.399 e. The average Bonchev–Trinajstić information content (AvgIpc) is 2.90. The van der Waals surface area contributed by atoms with Crippen molar-refractivity contribution in [2.75, 3.05) is 5.73 Å². The highest BCUT2D eigenvalue weighted by Gasteiger charge is 2.06. The normalized spacial score (nSPS) is 10.7. The van der Waals surface area contributed by atoms with Gasteiger partial charge in [0.15, 0.2) is 0 Å². The van der Waals surface area contributed by atoms with Gasteiger partial charge in [0.2, 0.25) is 5.82 Å². The molecule has 0 spiro atoms. The van der Waals surface area contributed by atoms with Crippen molar-refractivity contribution in [3.8, 4) is 11.4 Å². The summed E-state index contributed by atoms with van der Waals surface area (Å²) in [4.78, 5) is 1.57. The quantitative estimate of drug-likeness (QED) is 0.750. The van der Waals surface area contributed by atoms with Crippen LogP contribution in [0.15, 0.2) is 53.0 Å². The molecular weight excluding hydrogens is 318 g/mol. The number of benzene rings is 2. The Kier molecular flexibility index (Phi) is 3.47. The van der Waals surface area contributed by atoms with Crippen LogP contribution in [0.2, 0.25) is 0 Å². The van der Waals surface area contributed by atoms with Gasteiger partial charge in [-0.15, -0.1) is 10.2 Å². The molecule has 0 aliphatic heterocycles. The van der Waals surface area contributed by atoms with Crippen LogP contribution in [-0.4, -0.2) is 20.2 Å². The summed E-state index contributed by atoms with van der Waals surface area (Å²) in [5.41, 5.74) is 8.42. The first-order chi connectivity index (χ1) is 9.70. The topological polar surface area (TPSA) is 69.6 Å². The molecule has 6 heteroatoms. The summed E-state index contributed by atoms with van der Waals surface area (Å²) < 4.78 is 1.05. The number of hydrogen-bond donors (Lipinski definition) is 1. The molecule has 0 radical (unpaired) electrons. The van der Waals surface area contributed by atoms with Gasteiger partial charge >= 0.3 is 0 Å². The molecule has 2 N–H and O–H groups in total. The summed E-state index contributed by atoms with van der Waals surface area (Å²) in [5.74, 6) is 0.578. The summed E-state index contributed by atoms with van der Waals surface area (Å²) in [6.45, 7) is 0.586. The number of nitrogens with zero attached hydrogens (tertiary/aromatic N) is 4. The molecule has 1 heterocycles. The van der Waals surface area contributed by atoms with E-state index in [0.29, 0.717) is 18.1 Å². The van der Waals surface area contributed by atoms with Gasteiger partial charge in [0.1, 0.15) is 0 Å². The minimum Gasteiger partial charge on any atom is -0.399 e. The first-order valence-electron chi connectivity index (χ1n) is 6.09. The molecule has 0 unspecified atom stereocenters. The number of rotatable bonds is 3. The second-order valence-electron chi connectivity index (χ2n) is 4.40. The van der Waals surface area contributed by atoms with E-state index in [0.717, 1.165) is 15.6 Å². The Morgan fingerprint density at radius 2 is 1.90 bits per heavy atom. The number of hydrogen-bond acceptors (Lipinski definition) is 4. The molecule has 2 aromatic carbocycles. The standard InChI is InChI=1S/C14H12BrN5/c15-12-6-4-10(5-7-12)9-20-18-14(17-19-20)11-2-1-3-13(16)8-11/h1-8H,9,16H2. The van der Waals surface area contributed by atoms with Crippen LogP contribution in [-0.2, 0) is 6.54 Å². The van der Waals surface area contributed by atoms with Gasteiger partial charge in [-0.3, -0.25) is 0 Å². The maximum atomic E-state index is 5.75. The first-order valence-corrected chi connectivity index (χ1v) is 6.88. The van der Waals surface area contributed by atoms with Crippen molar-refractivity contribution in [1.29, 1.82) is 0 Å². The van der Waals surface area contributed by atoms with Crippen LogP contribution in [0.25, 0.3) is 11.4 Å². The number of halogens is 1. The van der Waals surface area contributed by atoms with Gasteiger partial charge in [-0.1, -0.05) is 40.2 Å². The fraction of sp³-hybridized carbons (Fsp3) is 0.0714. The minimum absolute atomic E-state index is 0.578. The third-order valence-electron chi connectivity index (χ3n) is 2.83. The predicted octanol–water partition coefficient (Wildman–Crippen LogP) is 2.73. The third kappa shape index (κ3) is 2.85. The van der Waals surface area contributed by atoms with E-state index in [4.69, 9.17) is 5.73 Å². The number of tetrazole rings is 1. The highest BCUT2D eigenvalue weighted by molar-refractivity contribution is 9.10. The molecule has 1 aromatic heterocycles. The van der Waals surface area contributed by atoms with E-state index in [1.807, 2.05) is 48.5 Å². The number of nitrogens with two attached hydrogens (primary N) is 1. The van der Waals surface area contributed by atoms with Crippen molar-refractivity contribution in [2.24, 2.45) is 0 Å². The van der Waals surface area contributed by atoms with E-state index in [1.165, 1.54) is 0 Å². The smallest absolute Gasteiger partial charge is 0.205 e. The average molecular weight is 330 g/mol. The minimum atomic E-state index is 0.578. The summed E-state index contributed by atoms with van der Waals surface area (Å²) >= 11 is 3.41. The van der Waals surface area contributed by atoms with E-state index < -0.39 is 0 Å². The summed E-state index contributed by atoms with van der Waals surface area (Å²) in [6, 6.07) is 15.5. The third-order valence-corrected chi connectivity index (χ3v) is 3.36. The van der Waals surface area contributed by atoms with E-state index in [2.05, 4.69) is 31.3 Å². The highest BCUT2D eigenvalue weighted by atomic mass is 79.9. The zero-order valence-electron chi connectivity index (χ0n) is 10.6. The zero-order valence-corrected chi connectivity index (χ0v) is 12.2. The van der Waals surface area contributed by atoms with Crippen LogP contribution >= 0.6 is 15.9 Å². The SMILES string of the molecule is Nc1cccc(-c2nnn(Cc3ccc(Br)cc3)n2)c1. The fourth-order valence-corrected chi connectivity index (χ4v) is 2.12. The van der Waals surface area contributed by atoms with Gasteiger partial charge < -0.3 is 5.73 Å². The monoisotopic (exact) mass is 329 g/mol.